The summed E-state index contributed by atoms with van der Waals surface area (Å²) < 4.78 is 0. The van der Waals surface area contributed by atoms with Gasteiger partial charge in [-0.15, -0.1) is 10.2 Å². The number of aromatic amines is 1. The summed E-state index contributed by atoms with van der Waals surface area (Å²) in [5.41, 5.74) is 11.2. The van der Waals surface area contributed by atoms with Gasteiger partial charge in [0.05, 0.1) is 5.41 Å². The molecule has 4 rings (SSSR count). The van der Waals surface area contributed by atoms with E-state index < -0.39 is 5.41 Å². The molecule has 2 aromatic carbocycles. The number of aryl methyl sites for hydroxylation is 2. The summed E-state index contributed by atoms with van der Waals surface area (Å²) in [5, 5.41) is 14.5. The molecule has 1 aliphatic carbocycles. The quantitative estimate of drug-likeness (QED) is 0.437. The number of hydrogen-bond acceptors (Lipinski definition) is 5. The van der Waals surface area contributed by atoms with Gasteiger partial charge < -0.3 is 21.4 Å². The fourth-order valence-corrected chi connectivity index (χ4v) is 5.20. The Balaban J connectivity index is 2.05. The third-order valence-corrected chi connectivity index (χ3v) is 6.86. The zero-order valence-corrected chi connectivity index (χ0v) is 21.0. The number of nitrogens with zero attached hydrogens (tertiary/aromatic N) is 2. The standard InChI is InChI=1S/C27H34N6O2/c1-15(2)23-31-26(33-32-23)27(14-16(3)28)21-10-8-19(24(34)29-4)12-17(21)6-7-18-13-20(25(35)30-5)9-11-22(18)27/h8-13,15-16H,6-7,14,28H2,1-5H3,(H,29,34)(H,30,35)(H,31,32,33)/t16-/m1/s1. The van der Waals surface area contributed by atoms with Crippen molar-refractivity contribution < 1.29 is 9.59 Å². The minimum atomic E-state index is -0.710. The number of H-pyrrole nitrogens is 1. The van der Waals surface area contributed by atoms with Crippen molar-refractivity contribution in [3.8, 4) is 0 Å². The van der Waals surface area contributed by atoms with E-state index in [1.807, 2.05) is 43.3 Å². The van der Waals surface area contributed by atoms with E-state index in [2.05, 4.69) is 39.7 Å². The van der Waals surface area contributed by atoms with Gasteiger partial charge in [0.15, 0.2) is 0 Å². The van der Waals surface area contributed by atoms with Crippen LogP contribution in [0.1, 0.15) is 87.7 Å². The number of benzene rings is 2. The average Bonchev–Trinajstić information content (AvgIpc) is 3.31. The molecule has 35 heavy (non-hydrogen) atoms. The highest BCUT2D eigenvalue weighted by Gasteiger charge is 2.44. The first kappa shape index (κ1) is 24.6. The molecule has 184 valence electrons. The van der Waals surface area contributed by atoms with Gasteiger partial charge in [-0.05, 0) is 72.7 Å². The molecular weight excluding hydrogens is 440 g/mol. The normalized spacial score (nSPS) is 15.1. The largest absolute Gasteiger partial charge is 0.355 e. The van der Waals surface area contributed by atoms with Crippen LogP contribution in [-0.2, 0) is 18.3 Å². The zero-order chi connectivity index (χ0) is 25.3. The van der Waals surface area contributed by atoms with Gasteiger partial charge >= 0.3 is 0 Å². The molecule has 1 aliphatic rings. The first-order chi connectivity index (χ1) is 16.7. The van der Waals surface area contributed by atoms with E-state index in [0.29, 0.717) is 17.5 Å². The van der Waals surface area contributed by atoms with Crippen LogP contribution < -0.4 is 16.4 Å². The highest BCUT2D eigenvalue weighted by atomic mass is 16.2. The van der Waals surface area contributed by atoms with Gasteiger partial charge in [0, 0.05) is 37.2 Å². The Morgan fingerprint density at radius 3 is 1.86 bits per heavy atom. The van der Waals surface area contributed by atoms with Gasteiger partial charge in [0.25, 0.3) is 11.8 Å². The van der Waals surface area contributed by atoms with Crippen molar-refractivity contribution in [3.63, 3.8) is 0 Å². The highest BCUT2D eigenvalue weighted by molar-refractivity contribution is 5.95. The molecule has 1 aromatic heterocycles. The Labute approximate surface area is 206 Å². The van der Waals surface area contributed by atoms with Crippen LogP contribution in [0.4, 0.5) is 0 Å². The van der Waals surface area contributed by atoms with Crippen LogP contribution in [0, 0.1) is 0 Å². The molecule has 0 unspecified atom stereocenters. The highest BCUT2D eigenvalue weighted by Crippen LogP contribution is 2.47. The van der Waals surface area contributed by atoms with Crippen molar-refractivity contribution in [2.24, 2.45) is 5.73 Å². The molecule has 1 atom stereocenters. The number of rotatable bonds is 6. The molecule has 0 saturated heterocycles. The molecule has 0 saturated carbocycles. The average molecular weight is 475 g/mol. The fraction of sp³-hybridized carbons (Fsp3) is 0.407. The minimum Gasteiger partial charge on any atom is -0.355 e. The van der Waals surface area contributed by atoms with Crippen LogP contribution in [0.5, 0.6) is 0 Å². The summed E-state index contributed by atoms with van der Waals surface area (Å²) in [6.07, 6.45) is 2.02. The first-order valence-electron chi connectivity index (χ1n) is 12.1. The fourth-order valence-electron chi connectivity index (χ4n) is 5.20. The molecule has 2 amide bonds. The maximum atomic E-state index is 12.4. The summed E-state index contributed by atoms with van der Waals surface area (Å²) in [7, 11) is 3.26. The number of aromatic nitrogens is 3. The lowest BCUT2D eigenvalue weighted by Crippen LogP contribution is -2.38. The molecule has 0 fully saturated rings. The number of fused-ring (bicyclic) bond motifs is 2. The Kier molecular flexibility index (Phi) is 6.76. The number of carbonyl (C=O) groups excluding carboxylic acids is 2. The van der Waals surface area contributed by atoms with Crippen molar-refractivity contribution in [2.75, 3.05) is 14.1 Å². The van der Waals surface area contributed by atoms with Crippen molar-refractivity contribution in [1.29, 1.82) is 0 Å². The van der Waals surface area contributed by atoms with Gasteiger partial charge in [-0.1, -0.05) is 26.0 Å². The van der Waals surface area contributed by atoms with Gasteiger partial charge in [-0.2, -0.15) is 0 Å². The molecule has 0 bridgehead atoms. The molecule has 3 aromatic rings. The summed E-state index contributed by atoms with van der Waals surface area (Å²) in [6.45, 7) is 6.13. The van der Waals surface area contributed by atoms with Crippen LogP contribution >= 0.6 is 0 Å². The second-order valence-electron chi connectivity index (χ2n) is 9.70. The van der Waals surface area contributed by atoms with Crippen molar-refractivity contribution in [1.82, 2.24) is 25.8 Å². The van der Waals surface area contributed by atoms with Gasteiger partial charge in [-0.3, -0.25) is 9.59 Å². The Morgan fingerprint density at radius 1 is 0.943 bits per heavy atom. The third-order valence-electron chi connectivity index (χ3n) is 6.86. The predicted octanol–water partition coefficient (Wildman–Crippen LogP) is 2.82. The Morgan fingerprint density at radius 2 is 1.46 bits per heavy atom. The summed E-state index contributed by atoms with van der Waals surface area (Å²) in [6, 6.07) is 11.6. The Bertz CT molecular complexity index is 1190. The summed E-state index contributed by atoms with van der Waals surface area (Å²) in [5.74, 6) is 1.45. The molecule has 5 N–H and O–H groups in total. The van der Waals surface area contributed by atoms with Crippen LogP contribution in [0.3, 0.4) is 0 Å². The molecule has 0 spiro atoms. The Hall–Kier alpha value is -3.52. The van der Waals surface area contributed by atoms with Crippen molar-refractivity contribution in [2.45, 2.75) is 57.4 Å². The van der Waals surface area contributed by atoms with Crippen LogP contribution in [0.25, 0.3) is 0 Å². The molecule has 8 nitrogen and oxygen atoms in total. The van der Waals surface area contributed by atoms with Crippen LogP contribution in [0.15, 0.2) is 36.4 Å². The maximum absolute atomic E-state index is 12.4. The molecular formula is C27H34N6O2. The first-order valence-corrected chi connectivity index (χ1v) is 12.1. The van der Waals surface area contributed by atoms with E-state index in [4.69, 9.17) is 5.73 Å². The van der Waals surface area contributed by atoms with E-state index in [9.17, 15) is 9.59 Å². The van der Waals surface area contributed by atoms with Crippen molar-refractivity contribution >= 4 is 11.8 Å². The van der Waals surface area contributed by atoms with E-state index in [0.717, 1.165) is 46.7 Å². The number of nitrogens with one attached hydrogen (secondary N) is 3. The second kappa shape index (κ2) is 9.62. The lowest BCUT2D eigenvalue weighted by Gasteiger charge is -2.36. The molecule has 1 heterocycles. The van der Waals surface area contributed by atoms with Gasteiger partial charge in [-0.25, -0.2) is 0 Å². The molecule has 0 aliphatic heterocycles. The minimum absolute atomic E-state index is 0.129. The number of hydrogen-bond donors (Lipinski definition) is 4. The monoisotopic (exact) mass is 474 g/mol. The topological polar surface area (TPSA) is 126 Å². The SMILES string of the molecule is CNC(=O)c1ccc2c(c1)CCc1cc(C(=O)NC)ccc1C2(C[C@@H](C)N)c1nnc(C(C)C)[nH]1. The van der Waals surface area contributed by atoms with Crippen LogP contribution in [0.2, 0.25) is 0 Å². The zero-order valence-electron chi connectivity index (χ0n) is 21.0. The summed E-state index contributed by atoms with van der Waals surface area (Å²) >= 11 is 0. The van der Waals surface area contributed by atoms with Gasteiger partial charge in [0.1, 0.15) is 11.6 Å². The number of nitrogens with two attached hydrogens (primary N) is 1. The van der Waals surface area contributed by atoms with E-state index in [-0.39, 0.29) is 23.8 Å². The van der Waals surface area contributed by atoms with E-state index >= 15 is 0 Å². The number of amides is 2. The maximum Gasteiger partial charge on any atom is 0.251 e. The van der Waals surface area contributed by atoms with E-state index in [1.54, 1.807) is 14.1 Å². The molecule has 8 heteroatoms. The van der Waals surface area contributed by atoms with Crippen molar-refractivity contribution in [3.05, 3.63) is 81.4 Å². The lowest BCUT2D eigenvalue weighted by molar-refractivity contribution is 0.0955. The summed E-state index contributed by atoms with van der Waals surface area (Å²) in [4.78, 5) is 28.4. The van der Waals surface area contributed by atoms with Gasteiger partial charge in [0.2, 0.25) is 0 Å². The number of carbonyl (C=O) groups is 2. The van der Waals surface area contributed by atoms with Crippen LogP contribution in [-0.4, -0.2) is 47.1 Å². The third kappa shape index (κ3) is 4.34. The smallest absolute Gasteiger partial charge is 0.251 e. The second-order valence-corrected chi connectivity index (χ2v) is 9.70. The predicted molar refractivity (Wildman–Crippen MR) is 136 cm³/mol. The molecule has 0 radical (unpaired) electrons. The lowest BCUT2D eigenvalue weighted by atomic mass is 9.68. The van der Waals surface area contributed by atoms with E-state index in [1.165, 1.54) is 0 Å².